The third kappa shape index (κ3) is 3.94. The van der Waals surface area contributed by atoms with Crippen molar-refractivity contribution >= 4 is 5.91 Å². The van der Waals surface area contributed by atoms with Gasteiger partial charge in [-0.2, -0.15) is 0 Å². The molecule has 1 rings (SSSR count). The normalized spacial score (nSPS) is 23.0. The van der Waals surface area contributed by atoms with E-state index in [2.05, 4.69) is 29.2 Å². The van der Waals surface area contributed by atoms with Crippen LogP contribution in [0.5, 0.6) is 0 Å². The number of nitrogens with one attached hydrogen (secondary N) is 2. The number of rotatable bonds is 6. The molecule has 4 heteroatoms. The minimum atomic E-state index is -0.131. The van der Waals surface area contributed by atoms with Gasteiger partial charge in [0.15, 0.2) is 0 Å². The molecule has 1 fully saturated rings. The minimum Gasteiger partial charge on any atom is -0.351 e. The summed E-state index contributed by atoms with van der Waals surface area (Å²) in [5, 5.41) is 6.06. The Morgan fingerprint density at radius 1 is 1.69 bits per heavy atom. The first kappa shape index (κ1) is 13.2. The SMILES string of the molecule is C=CCNC(=O)C(C)NCC1CCCN1C. The summed E-state index contributed by atoms with van der Waals surface area (Å²) in [6.45, 7) is 8.06. The summed E-state index contributed by atoms with van der Waals surface area (Å²) < 4.78 is 0. The molecule has 0 aromatic rings. The van der Waals surface area contributed by atoms with Gasteiger partial charge in [-0.3, -0.25) is 4.79 Å². The monoisotopic (exact) mass is 225 g/mol. The van der Waals surface area contributed by atoms with Crippen LogP contribution in [0.2, 0.25) is 0 Å². The lowest BCUT2D eigenvalue weighted by atomic mass is 10.2. The molecule has 1 aliphatic heterocycles. The largest absolute Gasteiger partial charge is 0.351 e. The maximum atomic E-state index is 11.6. The zero-order valence-electron chi connectivity index (χ0n) is 10.3. The topological polar surface area (TPSA) is 44.4 Å². The van der Waals surface area contributed by atoms with E-state index >= 15 is 0 Å². The molecule has 0 aromatic heterocycles. The van der Waals surface area contributed by atoms with Gasteiger partial charge in [0.1, 0.15) is 0 Å². The second kappa shape index (κ2) is 6.66. The number of carbonyl (C=O) groups excluding carboxylic acids is 1. The lowest BCUT2D eigenvalue weighted by molar-refractivity contribution is -0.122. The fourth-order valence-electron chi connectivity index (χ4n) is 1.97. The summed E-state index contributed by atoms with van der Waals surface area (Å²) in [6.07, 6.45) is 4.18. The van der Waals surface area contributed by atoms with Crippen molar-refractivity contribution in [3.05, 3.63) is 12.7 Å². The standard InChI is InChI=1S/C12H23N3O/c1-4-7-13-12(16)10(2)14-9-11-6-5-8-15(11)3/h4,10-11,14H,1,5-9H2,2-3H3,(H,13,16). The number of hydrogen-bond donors (Lipinski definition) is 2. The number of amides is 1. The van der Waals surface area contributed by atoms with Crippen LogP contribution in [0.4, 0.5) is 0 Å². The van der Waals surface area contributed by atoms with E-state index in [4.69, 9.17) is 0 Å². The van der Waals surface area contributed by atoms with E-state index in [0.717, 1.165) is 6.54 Å². The summed E-state index contributed by atoms with van der Waals surface area (Å²) >= 11 is 0. The van der Waals surface area contributed by atoms with Gasteiger partial charge in [0.2, 0.25) is 5.91 Å². The fraction of sp³-hybridized carbons (Fsp3) is 0.750. The zero-order valence-corrected chi connectivity index (χ0v) is 10.3. The second-order valence-electron chi connectivity index (χ2n) is 4.44. The number of carbonyl (C=O) groups is 1. The second-order valence-corrected chi connectivity index (χ2v) is 4.44. The smallest absolute Gasteiger partial charge is 0.237 e. The summed E-state index contributed by atoms with van der Waals surface area (Å²) in [5.74, 6) is 0.0422. The summed E-state index contributed by atoms with van der Waals surface area (Å²) in [7, 11) is 2.14. The molecule has 0 aliphatic carbocycles. The number of likely N-dealkylation sites (N-methyl/N-ethyl adjacent to an activating group) is 1. The van der Waals surface area contributed by atoms with Crippen LogP contribution in [0.3, 0.4) is 0 Å². The summed E-state index contributed by atoms with van der Waals surface area (Å²) in [6, 6.07) is 0.448. The zero-order chi connectivity index (χ0) is 12.0. The van der Waals surface area contributed by atoms with Crippen LogP contribution in [-0.2, 0) is 4.79 Å². The lowest BCUT2D eigenvalue weighted by Gasteiger charge is -2.22. The molecule has 16 heavy (non-hydrogen) atoms. The molecule has 0 spiro atoms. The van der Waals surface area contributed by atoms with E-state index in [9.17, 15) is 4.79 Å². The van der Waals surface area contributed by atoms with Crippen molar-refractivity contribution in [2.45, 2.75) is 31.8 Å². The van der Waals surface area contributed by atoms with Crippen molar-refractivity contribution in [1.82, 2.24) is 15.5 Å². The molecule has 4 nitrogen and oxygen atoms in total. The average molecular weight is 225 g/mol. The Morgan fingerprint density at radius 2 is 2.44 bits per heavy atom. The first-order chi connectivity index (χ1) is 7.65. The van der Waals surface area contributed by atoms with Gasteiger partial charge in [-0.1, -0.05) is 6.08 Å². The molecule has 0 bridgehead atoms. The van der Waals surface area contributed by atoms with Crippen molar-refractivity contribution in [2.24, 2.45) is 0 Å². The molecule has 2 atom stereocenters. The van der Waals surface area contributed by atoms with E-state index in [1.807, 2.05) is 6.92 Å². The first-order valence-corrected chi connectivity index (χ1v) is 5.97. The Labute approximate surface area is 98.1 Å². The molecule has 0 saturated carbocycles. The van der Waals surface area contributed by atoms with Crippen molar-refractivity contribution in [3.63, 3.8) is 0 Å². The highest BCUT2D eigenvalue weighted by atomic mass is 16.2. The number of hydrogen-bond acceptors (Lipinski definition) is 3. The average Bonchev–Trinajstić information content (AvgIpc) is 2.68. The molecule has 2 unspecified atom stereocenters. The molecule has 1 aliphatic rings. The predicted molar refractivity (Wildman–Crippen MR) is 66.3 cm³/mol. The van der Waals surface area contributed by atoms with Gasteiger partial charge >= 0.3 is 0 Å². The highest BCUT2D eigenvalue weighted by molar-refractivity contribution is 5.81. The Hall–Kier alpha value is -0.870. The van der Waals surface area contributed by atoms with Crippen molar-refractivity contribution in [2.75, 3.05) is 26.7 Å². The van der Waals surface area contributed by atoms with Gasteiger partial charge in [-0.05, 0) is 33.4 Å². The maximum Gasteiger partial charge on any atom is 0.237 e. The molecule has 1 amide bonds. The van der Waals surface area contributed by atoms with Gasteiger partial charge in [-0.25, -0.2) is 0 Å². The third-order valence-corrected chi connectivity index (χ3v) is 3.15. The quantitative estimate of drug-likeness (QED) is 0.642. The van der Waals surface area contributed by atoms with E-state index in [1.54, 1.807) is 6.08 Å². The molecular weight excluding hydrogens is 202 g/mol. The van der Waals surface area contributed by atoms with Crippen LogP contribution in [0.1, 0.15) is 19.8 Å². The van der Waals surface area contributed by atoms with Gasteiger partial charge in [0, 0.05) is 19.1 Å². The molecule has 1 heterocycles. The summed E-state index contributed by atoms with van der Waals surface area (Å²) in [4.78, 5) is 13.9. The van der Waals surface area contributed by atoms with Gasteiger partial charge in [-0.15, -0.1) is 6.58 Å². The van der Waals surface area contributed by atoms with Crippen LogP contribution in [-0.4, -0.2) is 49.6 Å². The third-order valence-electron chi connectivity index (χ3n) is 3.15. The first-order valence-electron chi connectivity index (χ1n) is 5.97. The van der Waals surface area contributed by atoms with E-state index in [-0.39, 0.29) is 11.9 Å². The lowest BCUT2D eigenvalue weighted by Crippen LogP contribution is -2.46. The highest BCUT2D eigenvalue weighted by Crippen LogP contribution is 2.13. The van der Waals surface area contributed by atoms with Crippen molar-refractivity contribution in [3.8, 4) is 0 Å². The minimum absolute atomic E-state index is 0.0422. The Morgan fingerprint density at radius 3 is 3.00 bits per heavy atom. The van der Waals surface area contributed by atoms with Crippen molar-refractivity contribution < 1.29 is 4.79 Å². The Balaban J connectivity index is 2.20. The molecule has 92 valence electrons. The maximum absolute atomic E-state index is 11.6. The Kier molecular flexibility index (Phi) is 5.49. The number of nitrogens with zero attached hydrogens (tertiary/aromatic N) is 1. The molecular formula is C12H23N3O. The highest BCUT2D eigenvalue weighted by Gasteiger charge is 2.21. The van der Waals surface area contributed by atoms with Gasteiger partial charge in [0.05, 0.1) is 6.04 Å². The number of likely N-dealkylation sites (tertiary alicyclic amines) is 1. The Bertz CT molecular complexity index is 242. The van der Waals surface area contributed by atoms with Gasteiger partial charge < -0.3 is 15.5 Å². The van der Waals surface area contributed by atoms with E-state index < -0.39 is 0 Å². The fourth-order valence-corrected chi connectivity index (χ4v) is 1.97. The summed E-state index contributed by atoms with van der Waals surface area (Å²) in [5.41, 5.74) is 0. The van der Waals surface area contributed by atoms with Gasteiger partial charge in [0.25, 0.3) is 0 Å². The van der Waals surface area contributed by atoms with Crippen LogP contribution < -0.4 is 10.6 Å². The van der Waals surface area contributed by atoms with Crippen LogP contribution in [0, 0.1) is 0 Å². The van der Waals surface area contributed by atoms with Crippen LogP contribution in [0.15, 0.2) is 12.7 Å². The molecule has 2 N–H and O–H groups in total. The predicted octanol–water partition coefficient (Wildman–Crippen LogP) is 0.361. The molecule has 0 radical (unpaired) electrons. The van der Waals surface area contributed by atoms with E-state index in [1.165, 1.54) is 19.4 Å². The van der Waals surface area contributed by atoms with Crippen LogP contribution in [0.25, 0.3) is 0 Å². The molecule has 1 saturated heterocycles. The van der Waals surface area contributed by atoms with Crippen molar-refractivity contribution in [1.29, 1.82) is 0 Å². The van der Waals surface area contributed by atoms with E-state index in [0.29, 0.717) is 12.6 Å². The van der Waals surface area contributed by atoms with Crippen LogP contribution >= 0.6 is 0 Å². The molecule has 0 aromatic carbocycles.